The highest BCUT2D eigenvalue weighted by molar-refractivity contribution is 5.70. The molecule has 4 nitrogen and oxygen atoms in total. The lowest BCUT2D eigenvalue weighted by Gasteiger charge is -2.15. The van der Waals surface area contributed by atoms with Crippen molar-refractivity contribution in [1.82, 2.24) is 4.98 Å². The lowest BCUT2D eigenvalue weighted by molar-refractivity contribution is 0.0349. The molecule has 138 valence electrons. The summed E-state index contributed by atoms with van der Waals surface area (Å²) in [6, 6.07) is 6.30. The van der Waals surface area contributed by atoms with Gasteiger partial charge < -0.3 is 14.9 Å². The van der Waals surface area contributed by atoms with Gasteiger partial charge in [-0.15, -0.1) is 0 Å². The Balaban J connectivity index is 0.000000730. The number of rotatable bonds is 2. The summed E-state index contributed by atoms with van der Waals surface area (Å²) in [4.78, 5) is 4.36. The summed E-state index contributed by atoms with van der Waals surface area (Å²) in [5.74, 6) is 0.199. The van der Waals surface area contributed by atoms with Crippen LogP contribution >= 0.6 is 0 Å². The second kappa shape index (κ2) is 8.92. The zero-order chi connectivity index (χ0) is 19.2. The second-order valence-electron chi connectivity index (χ2n) is 5.52. The van der Waals surface area contributed by atoms with Crippen molar-refractivity contribution < 1.29 is 19.3 Å². The van der Waals surface area contributed by atoms with Crippen molar-refractivity contribution >= 4 is 0 Å². The van der Waals surface area contributed by atoms with Crippen LogP contribution in [0.3, 0.4) is 0 Å². The molecule has 0 saturated heterocycles. The minimum atomic E-state index is -1.12. The van der Waals surface area contributed by atoms with E-state index in [1.807, 2.05) is 27.7 Å². The third kappa shape index (κ3) is 4.35. The van der Waals surface area contributed by atoms with Crippen LogP contribution in [0.2, 0.25) is 0 Å². The van der Waals surface area contributed by atoms with Crippen molar-refractivity contribution in [2.45, 2.75) is 53.8 Å². The Morgan fingerprint density at radius 2 is 1.84 bits per heavy atom. The monoisotopic (exact) mass is 349 g/mol. The van der Waals surface area contributed by atoms with Crippen molar-refractivity contribution in [2.24, 2.45) is 0 Å². The third-order valence-electron chi connectivity index (χ3n) is 3.70. The number of aryl methyl sites for hydroxylation is 1. The van der Waals surface area contributed by atoms with Gasteiger partial charge in [0.1, 0.15) is 23.7 Å². The fraction of sp³-hybridized carbons (Fsp3) is 0.450. The molecule has 1 aromatic carbocycles. The van der Waals surface area contributed by atoms with Gasteiger partial charge in [-0.3, -0.25) is 0 Å². The maximum absolute atomic E-state index is 13.4. The topological polar surface area (TPSA) is 62.6 Å². The predicted molar refractivity (Wildman–Crippen MR) is 98.1 cm³/mol. The van der Waals surface area contributed by atoms with E-state index in [9.17, 15) is 14.6 Å². The summed E-state index contributed by atoms with van der Waals surface area (Å²) in [6.07, 6.45) is 0. The summed E-state index contributed by atoms with van der Waals surface area (Å²) in [7, 11) is 0. The van der Waals surface area contributed by atoms with Gasteiger partial charge in [-0.25, -0.2) is 9.37 Å². The Morgan fingerprint density at radius 3 is 2.40 bits per heavy atom. The minimum Gasteiger partial charge on any atom is -0.488 e. The number of benzene rings is 1. The van der Waals surface area contributed by atoms with E-state index >= 15 is 0 Å². The Morgan fingerprint density at radius 1 is 1.20 bits per heavy atom. The number of fused-ring (bicyclic) bond motifs is 1. The van der Waals surface area contributed by atoms with Gasteiger partial charge >= 0.3 is 0 Å². The van der Waals surface area contributed by atoms with E-state index in [1.54, 1.807) is 32.0 Å². The molecule has 3 rings (SSSR count). The zero-order valence-electron chi connectivity index (χ0n) is 15.9. The summed E-state index contributed by atoms with van der Waals surface area (Å²) >= 11 is 0. The summed E-state index contributed by atoms with van der Waals surface area (Å²) in [5.41, 5.74) is 1.62. The van der Waals surface area contributed by atoms with Crippen molar-refractivity contribution in [3.05, 3.63) is 46.9 Å². The molecule has 1 aliphatic heterocycles. The average Bonchev–Trinajstić information content (AvgIpc) is 2.95. The second-order valence-corrected chi connectivity index (χ2v) is 5.52. The summed E-state index contributed by atoms with van der Waals surface area (Å²) < 4.78 is 19.0. The van der Waals surface area contributed by atoms with Crippen LogP contribution in [0.1, 0.15) is 51.4 Å². The number of aliphatic hydroxyl groups is 2. The lowest BCUT2D eigenvalue weighted by atomic mass is 9.96. The molecule has 1 unspecified atom stereocenters. The van der Waals surface area contributed by atoms with E-state index in [1.165, 1.54) is 6.07 Å². The molecule has 0 spiro atoms. The molecular formula is C20H28FNO3. The van der Waals surface area contributed by atoms with Crippen LogP contribution in [0, 0.1) is 12.7 Å². The molecule has 25 heavy (non-hydrogen) atoms. The first-order valence-corrected chi connectivity index (χ1v) is 8.69. The number of hydrogen-bond acceptors (Lipinski definition) is 4. The average molecular weight is 349 g/mol. The Labute approximate surface area is 149 Å². The van der Waals surface area contributed by atoms with Crippen LogP contribution in [-0.2, 0) is 12.2 Å². The van der Waals surface area contributed by atoms with E-state index in [4.69, 9.17) is 4.74 Å². The molecule has 0 aliphatic carbocycles. The standard InChI is InChI=1S/C16H16FNO3.2C2H6/c1-9-5-10(3-4-13(9)17)14-15-12(6-11(7-19)18-14)16(2,20)8-21-15;2*1-2/h3-6,19-20H,7-8H2,1-2H3;2*1-2H3. The van der Waals surface area contributed by atoms with Gasteiger partial charge in [0.2, 0.25) is 0 Å². The van der Waals surface area contributed by atoms with E-state index in [0.717, 1.165) is 0 Å². The van der Waals surface area contributed by atoms with Crippen LogP contribution in [0.5, 0.6) is 5.75 Å². The molecule has 1 aliphatic rings. The van der Waals surface area contributed by atoms with E-state index < -0.39 is 5.60 Å². The Kier molecular flexibility index (Phi) is 7.52. The highest BCUT2D eigenvalue weighted by Crippen LogP contribution is 2.43. The fourth-order valence-corrected chi connectivity index (χ4v) is 2.49. The number of aliphatic hydroxyl groups excluding tert-OH is 1. The first-order valence-electron chi connectivity index (χ1n) is 8.69. The molecule has 0 fully saturated rings. The van der Waals surface area contributed by atoms with Crippen LogP contribution < -0.4 is 4.74 Å². The molecular weight excluding hydrogens is 321 g/mol. The number of nitrogens with zero attached hydrogens (tertiary/aromatic N) is 1. The van der Waals surface area contributed by atoms with Gasteiger partial charge in [-0.05, 0) is 43.7 Å². The van der Waals surface area contributed by atoms with Gasteiger partial charge in [0.25, 0.3) is 0 Å². The zero-order valence-corrected chi connectivity index (χ0v) is 15.9. The van der Waals surface area contributed by atoms with Gasteiger partial charge in [-0.1, -0.05) is 27.7 Å². The maximum Gasteiger partial charge on any atom is 0.151 e. The molecule has 0 radical (unpaired) electrons. The Bertz CT molecular complexity index is 714. The van der Waals surface area contributed by atoms with Gasteiger partial charge in [-0.2, -0.15) is 0 Å². The quantitative estimate of drug-likeness (QED) is 0.846. The van der Waals surface area contributed by atoms with Gasteiger partial charge in [0.05, 0.1) is 12.3 Å². The van der Waals surface area contributed by atoms with Gasteiger partial charge in [0.15, 0.2) is 5.75 Å². The van der Waals surface area contributed by atoms with E-state index in [0.29, 0.717) is 33.8 Å². The summed E-state index contributed by atoms with van der Waals surface area (Å²) in [6.45, 7) is 11.2. The molecule has 2 N–H and O–H groups in total. The molecule has 0 saturated carbocycles. The number of ether oxygens (including phenoxy) is 1. The SMILES string of the molecule is CC.CC.Cc1cc(-c2nc(CO)cc3c2OCC3(C)O)ccc1F. The van der Waals surface area contributed by atoms with Crippen LogP contribution in [0.25, 0.3) is 11.3 Å². The molecule has 0 amide bonds. The number of pyridine rings is 1. The highest BCUT2D eigenvalue weighted by Gasteiger charge is 2.37. The molecule has 1 atom stereocenters. The van der Waals surface area contributed by atoms with Crippen molar-refractivity contribution in [2.75, 3.05) is 6.61 Å². The highest BCUT2D eigenvalue weighted by atomic mass is 19.1. The first kappa shape index (κ1) is 21.1. The van der Waals surface area contributed by atoms with Crippen molar-refractivity contribution in [1.29, 1.82) is 0 Å². The number of hydrogen-bond donors (Lipinski definition) is 2. The molecule has 0 bridgehead atoms. The fourth-order valence-electron chi connectivity index (χ4n) is 2.49. The van der Waals surface area contributed by atoms with Crippen molar-refractivity contribution in [3.8, 4) is 17.0 Å². The maximum atomic E-state index is 13.4. The largest absolute Gasteiger partial charge is 0.488 e. The predicted octanol–water partition coefficient (Wildman–Crippen LogP) is 4.34. The van der Waals surface area contributed by atoms with Crippen LogP contribution in [-0.4, -0.2) is 21.8 Å². The normalized spacial score (nSPS) is 17.5. The van der Waals surface area contributed by atoms with E-state index in [2.05, 4.69) is 4.98 Å². The third-order valence-corrected chi connectivity index (χ3v) is 3.70. The molecule has 2 aromatic rings. The van der Waals surface area contributed by atoms with Crippen LogP contribution in [0.4, 0.5) is 4.39 Å². The van der Waals surface area contributed by atoms with Crippen LogP contribution in [0.15, 0.2) is 24.3 Å². The van der Waals surface area contributed by atoms with E-state index in [-0.39, 0.29) is 19.0 Å². The molecule has 5 heteroatoms. The molecule has 1 aromatic heterocycles. The molecule has 2 heterocycles. The van der Waals surface area contributed by atoms with Gasteiger partial charge in [0, 0.05) is 11.1 Å². The van der Waals surface area contributed by atoms with Crippen molar-refractivity contribution in [3.63, 3.8) is 0 Å². The number of aromatic nitrogens is 1. The first-order chi connectivity index (χ1) is 11.9. The Hall–Kier alpha value is -1.98. The summed E-state index contributed by atoms with van der Waals surface area (Å²) in [5, 5.41) is 19.7. The lowest BCUT2D eigenvalue weighted by Crippen LogP contribution is -2.22. The number of halogens is 1. The minimum absolute atomic E-state index is 0.131. The smallest absolute Gasteiger partial charge is 0.151 e.